The summed E-state index contributed by atoms with van der Waals surface area (Å²) in [6, 6.07) is 5.80. The minimum atomic E-state index is -0.382. The second-order valence-corrected chi connectivity index (χ2v) is 6.00. The second kappa shape index (κ2) is 6.49. The molecule has 1 saturated carbocycles. The van der Waals surface area contributed by atoms with Gasteiger partial charge in [0.25, 0.3) is 0 Å². The van der Waals surface area contributed by atoms with Gasteiger partial charge in [0.2, 0.25) is 0 Å². The van der Waals surface area contributed by atoms with Crippen LogP contribution in [0.5, 0.6) is 11.5 Å². The molecule has 3 rings (SSSR count). The summed E-state index contributed by atoms with van der Waals surface area (Å²) in [5, 5.41) is 10.4. The third kappa shape index (κ3) is 3.26. The number of aliphatic hydroxyl groups excluding tert-OH is 1. The highest BCUT2D eigenvalue weighted by Crippen LogP contribution is 2.35. The number of fused-ring (bicyclic) bond motifs is 1. The smallest absolute Gasteiger partial charge is 0.161 e. The quantitative estimate of drug-likeness (QED) is 0.907. The predicted octanol–water partition coefficient (Wildman–Crippen LogP) is 3.85. The van der Waals surface area contributed by atoms with Gasteiger partial charge in [-0.3, -0.25) is 0 Å². The molecule has 1 aromatic rings. The van der Waals surface area contributed by atoms with Gasteiger partial charge in [-0.05, 0) is 36.5 Å². The van der Waals surface area contributed by atoms with E-state index in [0.29, 0.717) is 13.2 Å². The van der Waals surface area contributed by atoms with Crippen molar-refractivity contribution in [2.24, 2.45) is 5.92 Å². The van der Waals surface area contributed by atoms with Crippen molar-refractivity contribution in [1.29, 1.82) is 0 Å². The monoisotopic (exact) mass is 276 g/mol. The molecule has 0 saturated heterocycles. The van der Waals surface area contributed by atoms with Crippen LogP contribution in [0.15, 0.2) is 18.2 Å². The molecule has 1 unspecified atom stereocenters. The van der Waals surface area contributed by atoms with E-state index in [1.54, 1.807) is 0 Å². The molecule has 0 radical (unpaired) electrons. The highest BCUT2D eigenvalue weighted by molar-refractivity contribution is 5.44. The minimum Gasteiger partial charge on any atom is -0.486 e. The minimum absolute atomic E-state index is 0.382. The average molecular weight is 276 g/mol. The van der Waals surface area contributed by atoms with E-state index in [4.69, 9.17) is 9.47 Å². The first kappa shape index (κ1) is 13.7. The average Bonchev–Trinajstić information content (AvgIpc) is 2.53. The zero-order chi connectivity index (χ0) is 13.8. The molecule has 1 heterocycles. The van der Waals surface area contributed by atoms with Gasteiger partial charge < -0.3 is 14.6 Å². The third-order valence-corrected chi connectivity index (χ3v) is 4.52. The topological polar surface area (TPSA) is 38.7 Å². The second-order valence-electron chi connectivity index (χ2n) is 6.00. The van der Waals surface area contributed by atoms with Crippen LogP contribution in [0.4, 0.5) is 0 Å². The molecule has 1 fully saturated rings. The van der Waals surface area contributed by atoms with Crippen LogP contribution < -0.4 is 9.47 Å². The van der Waals surface area contributed by atoms with Crippen LogP contribution in [-0.2, 0) is 0 Å². The van der Waals surface area contributed by atoms with Crippen LogP contribution in [0.25, 0.3) is 0 Å². The lowest BCUT2D eigenvalue weighted by molar-refractivity contribution is 0.147. The summed E-state index contributed by atoms with van der Waals surface area (Å²) in [6.45, 7) is 1.20. The lowest BCUT2D eigenvalue weighted by Gasteiger charge is -2.23. The molecule has 1 atom stereocenters. The molecular formula is C17H24O3. The van der Waals surface area contributed by atoms with E-state index in [9.17, 15) is 5.11 Å². The van der Waals surface area contributed by atoms with E-state index in [0.717, 1.165) is 35.8 Å². The maximum Gasteiger partial charge on any atom is 0.161 e. The van der Waals surface area contributed by atoms with Gasteiger partial charge >= 0.3 is 0 Å². The number of hydrogen-bond donors (Lipinski definition) is 1. The molecule has 0 amide bonds. The Bertz CT molecular complexity index is 438. The first-order valence-electron chi connectivity index (χ1n) is 7.90. The molecule has 20 heavy (non-hydrogen) atoms. The Balaban J connectivity index is 1.57. The van der Waals surface area contributed by atoms with Crippen LogP contribution in [0.1, 0.15) is 56.6 Å². The van der Waals surface area contributed by atoms with Gasteiger partial charge in [0, 0.05) is 0 Å². The highest BCUT2D eigenvalue weighted by atomic mass is 16.6. The molecule has 1 aliphatic carbocycles. The Kier molecular flexibility index (Phi) is 4.46. The molecule has 110 valence electrons. The number of rotatable bonds is 4. The van der Waals surface area contributed by atoms with Crippen LogP contribution in [0.2, 0.25) is 0 Å². The van der Waals surface area contributed by atoms with Crippen molar-refractivity contribution in [1.82, 2.24) is 0 Å². The normalized spacial score (nSPS) is 20.6. The first-order valence-corrected chi connectivity index (χ1v) is 7.90. The van der Waals surface area contributed by atoms with Gasteiger partial charge in [0.15, 0.2) is 11.5 Å². The van der Waals surface area contributed by atoms with Gasteiger partial charge in [-0.15, -0.1) is 0 Å². The van der Waals surface area contributed by atoms with Crippen molar-refractivity contribution in [3.05, 3.63) is 23.8 Å². The van der Waals surface area contributed by atoms with Gasteiger partial charge in [-0.2, -0.15) is 0 Å². The molecule has 1 aromatic carbocycles. The summed E-state index contributed by atoms with van der Waals surface area (Å²) in [5.74, 6) is 2.38. The summed E-state index contributed by atoms with van der Waals surface area (Å²) >= 11 is 0. The van der Waals surface area contributed by atoms with Crippen molar-refractivity contribution in [2.45, 2.75) is 51.0 Å². The fourth-order valence-electron chi connectivity index (χ4n) is 3.30. The van der Waals surface area contributed by atoms with Crippen molar-refractivity contribution < 1.29 is 14.6 Å². The maximum absolute atomic E-state index is 10.4. The fourth-order valence-corrected chi connectivity index (χ4v) is 3.30. The highest BCUT2D eigenvalue weighted by Gasteiger charge is 2.18. The molecule has 1 N–H and O–H groups in total. The van der Waals surface area contributed by atoms with E-state index in [2.05, 4.69) is 0 Å². The standard InChI is InChI=1S/C17H24O3/c18-15(8-6-13-4-2-1-3-5-13)14-7-9-16-17(12-14)20-11-10-19-16/h7,9,12-13,15,18H,1-6,8,10-11H2. The van der Waals surface area contributed by atoms with Crippen LogP contribution >= 0.6 is 0 Å². The van der Waals surface area contributed by atoms with Crippen molar-refractivity contribution >= 4 is 0 Å². The zero-order valence-corrected chi connectivity index (χ0v) is 12.0. The molecule has 3 heteroatoms. The number of benzene rings is 1. The lowest BCUT2D eigenvalue weighted by Crippen LogP contribution is -2.15. The SMILES string of the molecule is OC(CCC1CCCCC1)c1ccc2c(c1)OCCO2. The Hall–Kier alpha value is -1.22. The van der Waals surface area contributed by atoms with E-state index < -0.39 is 0 Å². The molecule has 3 nitrogen and oxygen atoms in total. The van der Waals surface area contributed by atoms with E-state index in [1.165, 1.54) is 32.1 Å². The Morgan fingerprint density at radius 2 is 1.80 bits per heavy atom. The van der Waals surface area contributed by atoms with E-state index in [1.807, 2.05) is 18.2 Å². The number of ether oxygens (including phenoxy) is 2. The van der Waals surface area contributed by atoms with Crippen LogP contribution in [0, 0.1) is 5.92 Å². The van der Waals surface area contributed by atoms with E-state index >= 15 is 0 Å². The summed E-state index contributed by atoms with van der Waals surface area (Å²) in [4.78, 5) is 0. The molecule has 0 aromatic heterocycles. The summed E-state index contributed by atoms with van der Waals surface area (Å²) < 4.78 is 11.1. The third-order valence-electron chi connectivity index (χ3n) is 4.52. The Morgan fingerprint density at radius 3 is 2.60 bits per heavy atom. The Labute approximate surface area is 120 Å². The summed E-state index contributed by atoms with van der Waals surface area (Å²) in [7, 11) is 0. The molecule has 2 aliphatic rings. The molecule has 0 bridgehead atoms. The van der Waals surface area contributed by atoms with Crippen molar-refractivity contribution in [3.8, 4) is 11.5 Å². The molecular weight excluding hydrogens is 252 g/mol. The van der Waals surface area contributed by atoms with Gasteiger partial charge in [0.05, 0.1) is 6.10 Å². The largest absolute Gasteiger partial charge is 0.486 e. The van der Waals surface area contributed by atoms with Crippen molar-refractivity contribution in [3.63, 3.8) is 0 Å². The molecule has 0 spiro atoms. The van der Waals surface area contributed by atoms with Gasteiger partial charge in [-0.25, -0.2) is 0 Å². The maximum atomic E-state index is 10.4. The van der Waals surface area contributed by atoms with Crippen LogP contribution in [0.3, 0.4) is 0 Å². The van der Waals surface area contributed by atoms with E-state index in [-0.39, 0.29) is 6.10 Å². The first-order chi connectivity index (χ1) is 9.83. The lowest BCUT2D eigenvalue weighted by atomic mass is 9.85. The predicted molar refractivity (Wildman–Crippen MR) is 78.2 cm³/mol. The fraction of sp³-hybridized carbons (Fsp3) is 0.647. The Morgan fingerprint density at radius 1 is 1.05 bits per heavy atom. The molecule has 1 aliphatic heterocycles. The number of hydrogen-bond acceptors (Lipinski definition) is 3. The van der Waals surface area contributed by atoms with Crippen molar-refractivity contribution in [2.75, 3.05) is 13.2 Å². The van der Waals surface area contributed by atoms with Gasteiger partial charge in [0.1, 0.15) is 13.2 Å². The van der Waals surface area contributed by atoms with Gasteiger partial charge in [-0.1, -0.05) is 38.2 Å². The summed E-state index contributed by atoms with van der Waals surface area (Å²) in [6.07, 6.45) is 8.41. The number of aliphatic hydroxyl groups is 1. The summed E-state index contributed by atoms with van der Waals surface area (Å²) in [5.41, 5.74) is 0.949. The van der Waals surface area contributed by atoms with Crippen LogP contribution in [-0.4, -0.2) is 18.3 Å². The zero-order valence-electron chi connectivity index (χ0n) is 12.0.